The zero-order valence-electron chi connectivity index (χ0n) is 27.7. The molecule has 3 aromatic carbocycles. The largest absolute Gasteiger partial charge is 0.494 e. The van der Waals surface area contributed by atoms with E-state index in [-0.39, 0.29) is 25.4 Å². The van der Waals surface area contributed by atoms with Crippen LogP contribution in [0.1, 0.15) is 69.6 Å². The first-order valence-corrected chi connectivity index (χ1v) is 16.2. The van der Waals surface area contributed by atoms with Crippen molar-refractivity contribution in [3.8, 4) is 11.5 Å². The molecule has 0 spiro atoms. The molecule has 0 aromatic heterocycles. The summed E-state index contributed by atoms with van der Waals surface area (Å²) in [6.45, 7) is 6.51. The molecule has 3 aromatic rings. The number of nitrogens with one attached hydrogen (secondary N) is 2. The fourth-order valence-electron chi connectivity index (χ4n) is 4.67. The summed E-state index contributed by atoms with van der Waals surface area (Å²) in [6, 6.07) is 23.3. The zero-order valence-corrected chi connectivity index (χ0v) is 27.7. The lowest BCUT2D eigenvalue weighted by Gasteiger charge is -2.19. The van der Waals surface area contributed by atoms with Gasteiger partial charge in [-0.1, -0.05) is 85.7 Å². The number of unbranched alkanes of at least 4 members (excludes halogenated alkanes) is 3. The van der Waals surface area contributed by atoms with Crippen LogP contribution in [0.3, 0.4) is 0 Å². The van der Waals surface area contributed by atoms with Crippen LogP contribution in [0.4, 0.5) is 4.79 Å². The molecule has 0 heterocycles. The number of aryl methyl sites for hydroxylation is 1. The van der Waals surface area contributed by atoms with Crippen molar-refractivity contribution >= 4 is 24.0 Å². The summed E-state index contributed by atoms with van der Waals surface area (Å²) in [7, 11) is 0. The minimum absolute atomic E-state index is 0.142. The number of amides is 2. The maximum absolute atomic E-state index is 13.4. The molecule has 0 aliphatic heterocycles. The summed E-state index contributed by atoms with van der Waals surface area (Å²) in [5, 5.41) is 14.8. The Morgan fingerprint density at radius 2 is 1.55 bits per heavy atom. The highest BCUT2D eigenvalue weighted by molar-refractivity contribution is 5.86. The Hall–Kier alpha value is -4.63. The third-order valence-corrected chi connectivity index (χ3v) is 7.01. The molecule has 0 aliphatic carbocycles. The average Bonchev–Trinajstić information content (AvgIpc) is 3.04. The van der Waals surface area contributed by atoms with Crippen LogP contribution in [0.5, 0.6) is 11.5 Å². The maximum Gasteiger partial charge on any atom is 0.407 e. The van der Waals surface area contributed by atoms with Gasteiger partial charge < -0.3 is 30.0 Å². The van der Waals surface area contributed by atoms with Crippen molar-refractivity contribution in [2.75, 3.05) is 19.8 Å². The van der Waals surface area contributed by atoms with E-state index in [2.05, 4.69) is 10.6 Å². The van der Waals surface area contributed by atoms with Gasteiger partial charge in [0.15, 0.2) is 0 Å². The number of esters is 1. The number of rotatable bonds is 18. The molecule has 47 heavy (non-hydrogen) atoms. The highest BCUT2D eigenvalue weighted by Gasteiger charge is 2.24. The van der Waals surface area contributed by atoms with Crippen LogP contribution in [0.15, 0.2) is 84.9 Å². The number of alkyl carbamates (subject to hydrolysis) is 1. The molecular weight excluding hydrogens is 596 g/mol. The fraction of sp³-hybridized carbons (Fsp3) is 0.395. The van der Waals surface area contributed by atoms with Gasteiger partial charge in [0, 0.05) is 24.9 Å². The van der Waals surface area contributed by atoms with Crippen molar-refractivity contribution in [1.82, 2.24) is 10.6 Å². The summed E-state index contributed by atoms with van der Waals surface area (Å²) < 4.78 is 16.9. The minimum atomic E-state index is -0.912. The quantitative estimate of drug-likeness (QED) is 0.0830. The van der Waals surface area contributed by atoms with Crippen LogP contribution < -0.4 is 20.1 Å². The molecule has 0 saturated heterocycles. The number of aliphatic hydroxyl groups is 1. The molecule has 0 fully saturated rings. The molecule has 3 rings (SSSR count). The Kier molecular flexibility index (Phi) is 15.5. The second-order valence-electron chi connectivity index (χ2n) is 12.2. The Labute approximate surface area is 278 Å². The van der Waals surface area contributed by atoms with Gasteiger partial charge >= 0.3 is 12.1 Å². The van der Waals surface area contributed by atoms with Gasteiger partial charge in [-0.05, 0) is 69.4 Å². The maximum atomic E-state index is 13.4. The molecule has 0 unspecified atom stereocenters. The van der Waals surface area contributed by atoms with E-state index in [0.717, 1.165) is 42.6 Å². The van der Waals surface area contributed by atoms with E-state index in [1.807, 2.05) is 81.4 Å². The number of carbonyl (C=O) groups excluding carboxylic acids is 3. The van der Waals surface area contributed by atoms with Crippen molar-refractivity contribution in [2.45, 2.75) is 77.4 Å². The molecule has 0 bridgehead atoms. The molecular formula is C38H48N2O7. The first-order valence-electron chi connectivity index (χ1n) is 16.2. The first kappa shape index (κ1) is 36.8. The second-order valence-corrected chi connectivity index (χ2v) is 12.2. The zero-order chi connectivity index (χ0) is 33.9. The molecule has 252 valence electrons. The lowest BCUT2D eigenvalue weighted by atomic mass is 10.0. The van der Waals surface area contributed by atoms with Crippen LogP contribution in [0.2, 0.25) is 0 Å². The normalized spacial score (nSPS) is 11.9. The van der Waals surface area contributed by atoms with Gasteiger partial charge in [-0.2, -0.15) is 0 Å². The van der Waals surface area contributed by atoms with Crippen LogP contribution in [0.25, 0.3) is 6.08 Å². The molecule has 9 nitrogen and oxygen atoms in total. The molecule has 3 N–H and O–H groups in total. The highest BCUT2D eigenvalue weighted by Crippen LogP contribution is 2.21. The summed E-state index contributed by atoms with van der Waals surface area (Å²) >= 11 is 0. The topological polar surface area (TPSA) is 123 Å². The van der Waals surface area contributed by atoms with E-state index in [9.17, 15) is 19.5 Å². The Bertz CT molecular complexity index is 1420. The summed E-state index contributed by atoms with van der Waals surface area (Å²) in [5.74, 6) is 0.235. The molecule has 2 amide bonds. The summed E-state index contributed by atoms with van der Waals surface area (Å²) in [4.78, 5) is 38.1. The van der Waals surface area contributed by atoms with E-state index < -0.39 is 23.7 Å². The van der Waals surface area contributed by atoms with Gasteiger partial charge in [0.1, 0.15) is 23.1 Å². The lowest BCUT2D eigenvalue weighted by molar-refractivity contribution is -0.139. The van der Waals surface area contributed by atoms with Gasteiger partial charge in [-0.15, -0.1) is 0 Å². The number of aliphatic hydroxyl groups excluding tert-OH is 1. The van der Waals surface area contributed by atoms with E-state index in [4.69, 9.17) is 14.2 Å². The SMILES string of the molecule is CC(C)(C)OC(=O)NCCCCCCOc1ccc(C[C@H](NC(=O)CCc2ccccc2)C(=O)Oc2ccccc2/C=C\CO)cc1. The van der Waals surface area contributed by atoms with Crippen molar-refractivity contribution in [1.29, 1.82) is 0 Å². The number of carbonyl (C=O) groups is 3. The smallest absolute Gasteiger partial charge is 0.407 e. The Balaban J connectivity index is 1.51. The fourth-order valence-corrected chi connectivity index (χ4v) is 4.67. The standard InChI is InChI=1S/C38H48N2O7/c1-38(2,3)47-37(44)39-25-11-4-5-12-27-45-32-22-19-30(20-23-32)28-33(40-35(42)24-21-29-14-7-6-8-15-29)36(43)46-34-18-10-9-16-31(34)17-13-26-41/h6-10,13-20,22-23,33,41H,4-5,11-12,21,24-28H2,1-3H3,(H,39,44)(H,40,42)/b17-13-/t33-/m0/s1. The van der Waals surface area contributed by atoms with Crippen molar-refractivity contribution in [2.24, 2.45) is 0 Å². The molecule has 0 saturated carbocycles. The number of para-hydroxylation sites is 1. The number of hydrogen-bond acceptors (Lipinski definition) is 7. The van der Waals surface area contributed by atoms with E-state index in [0.29, 0.717) is 30.9 Å². The van der Waals surface area contributed by atoms with Crippen LogP contribution in [0, 0.1) is 0 Å². The molecule has 9 heteroatoms. The third kappa shape index (κ3) is 15.0. The monoisotopic (exact) mass is 644 g/mol. The van der Waals surface area contributed by atoms with Crippen LogP contribution in [-0.2, 0) is 27.2 Å². The van der Waals surface area contributed by atoms with E-state index in [1.54, 1.807) is 30.4 Å². The molecule has 1 atom stereocenters. The summed E-state index contributed by atoms with van der Waals surface area (Å²) in [5.41, 5.74) is 2.02. The van der Waals surface area contributed by atoms with Gasteiger partial charge in [0.25, 0.3) is 0 Å². The number of hydrogen-bond donors (Lipinski definition) is 3. The predicted molar refractivity (Wildman–Crippen MR) is 183 cm³/mol. The number of benzene rings is 3. The lowest BCUT2D eigenvalue weighted by Crippen LogP contribution is -2.44. The Morgan fingerprint density at radius 1 is 0.851 bits per heavy atom. The Morgan fingerprint density at radius 3 is 2.28 bits per heavy atom. The van der Waals surface area contributed by atoms with Crippen molar-refractivity contribution in [3.63, 3.8) is 0 Å². The second kappa shape index (κ2) is 19.8. The van der Waals surface area contributed by atoms with Gasteiger partial charge in [0.05, 0.1) is 13.2 Å². The van der Waals surface area contributed by atoms with Gasteiger partial charge in [0.2, 0.25) is 5.91 Å². The first-order chi connectivity index (χ1) is 22.6. The van der Waals surface area contributed by atoms with Crippen LogP contribution in [-0.4, -0.2) is 54.5 Å². The molecule has 0 aliphatic rings. The van der Waals surface area contributed by atoms with Crippen molar-refractivity contribution < 1.29 is 33.7 Å². The predicted octanol–water partition coefficient (Wildman–Crippen LogP) is 6.42. The van der Waals surface area contributed by atoms with Gasteiger partial charge in [-0.25, -0.2) is 9.59 Å². The van der Waals surface area contributed by atoms with Crippen LogP contribution >= 0.6 is 0 Å². The van der Waals surface area contributed by atoms with Gasteiger partial charge in [-0.3, -0.25) is 4.79 Å². The average molecular weight is 645 g/mol. The van der Waals surface area contributed by atoms with E-state index >= 15 is 0 Å². The third-order valence-electron chi connectivity index (χ3n) is 7.01. The van der Waals surface area contributed by atoms with E-state index in [1.165, 1.54) is 0 Å². The number of ether oxygens (including phenoxy) is 3. The molecule has 0 radical (unpaired) electrons. The minimum Gasteiger partial charge on any atom is -0.494 e. The summed E-state index contributed by atoms with van der Waals surface area (Å²) in [6.07, 6.45) is 7.56. The highest BCUT2D eigenvalue weighted by atomic mass is 16.6. The van der Waals surface area contributed by atoms with Crippen molar-refractivity contribution in [3.05, 3.63) is 102 Å².